The zero-order valence-electron chi connectivity index (χ0n) is 59.6. The normalized spacial score (nSPS) is 13.7. The lowest BCUT2D eigenvalue weighted by atomic mass is 10.1. The highest BCUT2D eigenvalue weighted by atomic mass is 79.9. The molecule has 0 atom stereocenters. The number of aromatic amines is 4. The summed E-state index contributed by atoms with van der Waals surface area (Å²) in [6.45, 7) is -0.0855. The molecule has 0 aliphatic heterocycles. The van der Waals surface area contributed by atoms with Crippen molar-refractivity contribution in [3.05, 3.63) is 256 Å². The largest absolute Gasteiger partial charge is 0.497 e. The Kier molecular flexibility index (Phi) is 13.1. The fourth-order valence-electron chi connectivity index (χ4n) is 10.5. The van der Waals surface area contributed by atoms with Crippen LogP contribution in [0.2, 0.25) is 10.0 Å². The molecule has 0 amide bonds. The zero-order chi connectivity index (χ0) is 74.6. The highest BCUT2D eigenvalue weighted by Gasteiger charge is 2.17. The smallest absolute Gasteiger partial charge is 0.280 e. The van der Waals surface area contributed by atoms with E-state index >= 15 is 0 Å². The SMILES string of the molecule is [2H]C([2H])([2H])Oc1ccc(-n2[nH]c3c(cnc4cc(Br)ccc43)c2=O)cc1.[2H]C([2H])([2H])Oc1ccc(-n2[nH]c3c(cnc4cc(CO)ccc43)c2=O)cc1.[2H]C([2H])([2H])Oc1ccc(-n2[nH]c3c(cnc4ccc(Cl)cc43)c2=O)cc1.[2H]C([2H])([2H])Oc1cccc(-n2[nH]c3c(cnc4ccc(Cl)cc43)c2=O)c1. The van der Waals surface area contributed by atoms with E-state index in [9.17, 15) is 24.3 Å². The van der Waals surface area contributed by atoms with Crippen LogP contribution in [0.15, 0.2) is 218 Å². The summed E-state index contributed by atoms with van der Waals surface area (Å²) in [5, 5.41) is 27.5. The average Bonchev–Trinajstić information content (AvgIpc) is 1.64. The minimum atomic E-state index is -2.57. The second-order valence-electron chi connectivity index (χ2n) is 20.6. The van der Waals surface area contributed by atoms with Gasteiger partial charge in [0.25, 0.3) is 22.2 Å². The first-order chi connectivity index (χ1) is 49.8. The minimum Gasteiger partial charge on any atom is -0.497 e. The van der Waals surface area contributed by atoms with Crippen LogP contribution in [0.4, 0.5) is 0 Å². The molecule has 0 spiro atoms. The van der Waals surface area contributed by atoms with Crippen LogP contribution in [0.1, 0.15) is 22.0 Å². The van der Waals surface area contributed by atoms with Crippen molar-refractivity contribution in [1.29, 1.82) is 0 Å². The van der Waals surface area contributed by atoms with E-state index < -0.39 is 28.2 Å². The van der Waals surface area contributed by atoms with Crippen molar-refractivity contribution in [1.82, 2.24) is 59.1 Å². The summed E-state index contributed by atoms with van der Waals surface area (Å²) in [6.07, 6.45) is 6.07. The molecule has 93 heavy (non-hydrogen) atoms. The summed E-state index contributed by atoms with van der Waals surface area (Å²) in [5.74, 6) is 0.720. The number of aliphatic hydroxyl groups is 1. The lowest BCUT2D eigenvalue weighted by molar-refractivity contribution is 0.282. The average molecular weight is 1360 g/mol. The van der Waals surface area contributed by atoms with Gasteiger partial charge in [-0.05, 0) is 151 Å². The van der Waals surface area contributed by atoms with E-state index in [0.29, 0.717) is 87.4 Å². The van der Waals surface area contributed by atoms with E-state index in [1.807, 2.05) is 24.3 Å². The second kappa shape index (κ2) is 25.5. The van der Waals surface area contributed by atoms with Crippen LogP contribution in [-0.2, 0) is 6.61 Å². The highest BCUT2D eigenvalue weighted by molar-refractivity contribution is 9.10. The maximum atomic E-state index is 12.8. The lowest BCUT2D eigenvalue weighted by Crippen LogP contribution is -2.14. The molecule has 0 aliphatic rings. The predicted molar refractivity (Wildman–Crippen MR) is 367 cm³/mol. The predicted octanol–water partition coefficient (Wildman–Crippen LogP) is 13.1. The van der Waals surface area contributed by atoms with Crippen LogP contribution >= 0.6 is 39.1 Å². The van der Waals surface area contributed by atoms with Crippen LogP contribution in [0.5, 0.6) is 23.0 Å². The number of nitrogens with zero attached hydrogens (tertiary/aromatic N) is 8. The van der Waals surface area contributed by atoms with E-state index in [2.05, 4.69) is 56.3 Å². The molecule has 16 aromatic rings. The van der Waals surface area contributed by atoms with Gasteiger partial charge in [0.15, 0.2) is 0 Å². The first kappa shape index (κ1) is 47.6. The number of halogens is 3. The van der Waals surface area contributed by atoms with Crippen molar-refractivity contribution in [2.24, 2.45) is 0 Å². The molecule has 0 fully saturated rings. The number of hydrogen-bond donors (Lipinski definition) is 5. The molecule has 0 bridgehead atoms. The number of hydrogen-bond acceptors (Lipinski definition) is 13. The van der Waals surface area contributed by atoms with Crippen molar-refractivity contribution in [2.75, 3.05) is 28.2 Å². The van der Waals surface area contributed by atoms with Gasteiger partial charge in [-0.25, -0.2) is 18.7 Å². The zero-order valence-corrected chi connectivity index (χ0v) is 50.7. The van der Waals surface area contributed by atoms with Crippen molar-refractivity contribution >= 4 is 126 Å². The number of aliphatic hydroxyl groups excluding tert-OH is 1. The quantitative estimate of drug-likeness (QED) is 0.0902. The number of rotatable bonds is 9. The number of aromatic nitrogens is 12. The van der Waals surface area contributed by atoms with Crippen LogP contribution in [-0.4, -0.2) is 92.3 Å². The van der Waals surface area contributed by atoms with Gasteiger partial charge in [0, 0.05) is 66.9 Å². The van der Waals surface area contributed by atoms with E-state index in [1.54, 1.807) is 103 Å². The number of methoxy groups -OCH3 is 4. The summed E-state index contributed by atoms with van der Waals surface area (Å²) in [7, 11) is -10.1. The van der Waals surface area contributed by atoms with Gasteiger partial charge in [0.1, 0.15) is 23.0 Å². The number of ether oxygens (including phenoxy) is 4. The first-order valence-electron chi connectivity index (χ1n) is 33.7. The number of nitrogens with one attached hydrogen (secondary N) is 4. The van der Waals surface area contributed by atoms with E-state index in [4.69, 9.17) is 58.6 Å². The van der Waals surface area contributed by atoms with Crippen LogP contribution in [0, 0.1) is 0 Å². The van der Waals surface area contributed by atoms with Gasteiger partial charge in [0.05, 0.1) is 140 Å². The molecule has 24 heteroatoms. The van der Waals surface area contributed by atoms with Crippen molar-refractivity contribution < 1.29 is 40.5 Å². The van der Waals surface area contributed by atoms with Crippen molar-refractivity contribution in [2.45, 2.75) is 6.61 Å². The molecule has 0 unspecified atom stereocenters. The monoisotopic (exact) mass is 1350 g/mol. The van der Waals surface area contributed by atoms with Crippen molar-refractivity contribution in [3.63, 3.8) is 0 Å². The molecule has 8 heterocycles. The topological polar surface area (TPSA) is 260 Å². The molecular formula is C69H51BrCl2N12O9. The summed E-state index contributed by atoms with van der Waals surface area (Å²) >= 11 is 15.5. The molecule has 8 aromatic carbocycles. The Morgan fingerprint density at radius 3 is 1.19 bits per heavy atom. The third kappa shape index (κ3) is 11.7. The molecule has 16 rings (SSSR count). The maximum Gasteiger partial charge on any atom is 0.280 e. The number of benzene rings is 8. The van der Waals surface area contributed by atoms with Gasteiger partial charge in [-0.15, -0.1) is 0 Å². The van der Waals surface area contributed by atoms with E-state index in [-0.39, 0.29) is 51.8 Å². The molecular weight excluding hydrogens is 1290 g/mol. The molecule has 21 nitrogen and oxygen atoms in total. The summed E-state index contributed by atoms with van der Waals surface area (Å²) < 4.78 is 111. The van der Waals surface area contributed by atoms with Gasteiger partial charge in [0.2, 0.25) is 0 Å². The van der Waals surface area contributed by atoms with Crippen LogP contribution < -0.4 is 41.2 Å². The van der Waals surface area contributed by atoms with Gasteiger partial charge < -0.3 is 24.1 Å². The number of pyridine rings is 4. The minimum absolute atomic E-state index is 0.0855. The first-order valence-corrected chi connectivity index (χ1v) is 29.2. The number of H-pyrrole nitrogens is 4. The molecule has 8 aromatic heterocycles. The standard InChI is InChI=1S/C18H15N3O3.C17H12BrN3O2.2C17H12ClN3O2/c1-24-13-5-3-12(4-6-13)21-18(23)15-9-19-16-8-11(10-22)2-7-14(16)17(15)20-21;1-23-12-5-3-11(4-6-12)21-17(22)14-9-19-15-8-10(18)2-7-13(15)16(14)20-21;1-23-12-5-3-11(4-6-12)21-17(22)14-9-19-15-7-2-10(18)8-13(15)16(14)20-21;1-23-12-4-2-3-11(8-12)21-17(22)14-9-19-15-6-5-10(18)7-13(15)16(14)20-21/h2-9,20,22H,10H2,1H3;3*2-9,20H,1H3/i4*1D3. The summed E-state index contributed by atoms with van der Waals surface area (Å²) in [4.78, 5) is 68.2. The van der Waals surface area contributed by atoms with Gasteiger partial charge in [-0.1, -0.05) is 57.3 Å². The molecule has 0 radical (unpaired) electrons. The molecule has 0 saturated carbocycles. The third-order valence-corrected chi connectivity index (χ3v) is 16.0. The summed E-state index contributed by atoms with van der Waals surface area (Å²) in [5.41, 5.74) is 7.17. The number of fused-ring (bicyclic) bond motifs is 12. The fourth-order valence-corrected chi connectivity index (χ4v) is 11.2. The maximum absolute atomic E-state index is 12.8. The Labute approximate surface area is 560 Å². The second-order valence-corrected chi connectivity index (χ2v) is 22.4. The Hall–Kier alpha value is -11.3. The van der Waals surface area contributed by atoms with Gasteiger partial charge in [-0.3, -0.25) is 59.5 Å². The molecule has 0 aliphatic carbocycles. The highest BCUT2D eigenvalue weighted by Crippen LogP contribution is 2.29. The third-order valence-electron chi connectivity index (χ3n) is 15.1. The van der Waals surface area contributed by atoms with E-state index in [0.717, 1.165) is 42.6 Å². The molecule has 462 valence electrons. The Bertz CT molecular complexity index is 6270. The van der Waals surface area contributed by atoms with Gasteiger partial charge in [-0.2, -0.15) is 0 Å². The Balaban J connectivity index is 0.000000124. The van der Waals surface area contributed by atoms with Gasteiger partial charge >= 0.3 is 0 Å². The van der Waals surface area contributed by atoms with E-state index in [1.165, 1.54) is 85.8 Å². The Morgan fingerprint density at radius 2 is 0.774 bits per heavy atom. The Morgan fingerprint density at radius 1 is 0.398 bits per heavy atom. The van der Waals surface area contributed by atoms with Crippen LogP contribution in [0.25, 0.3) is 110 Å². The van der Waals surface area contributed by atoms with Crippen molar-refractivity contribution in [3.8, 4) is 45.7 Å². The summed E-state index contributed by atoms with van der Waals surface area (Å²) in [6, 6.07) is 46.4. The molecule has 0 saturated heterocycles. The van der Waals surface area contributed by atoms with Crippen LogP contribution in [0.3, 0.4) is 0 Å². The molecule has 5 N–H and O–H groups in total. The lowest BCUT2D eigenvalue weighted by Gasteiger charge is -2.04. The fraction of sp³-hybridized carbons (Fsp3) is 0.0725.